The van der Waals surface area contributed by atoms with Gasteiger partial charge in [0.05, 0.1) is 16.5 Å². The Balaban J connectivity index is 1.30. The van der Waals surface area contributed by atoms with Crippen molar-refractivity contribution < 1.29 is 24.0 Å². The molecule has 1 aliphatic carbocycles. The summed E-state index contributed by atoms with van der Waals surface area (Å²) in [4.78, 5) is 63.7. The van der Waals surface area contributed by atoms with Gasteiger partial charge < -0.3 is 10.6 Å². The standard InChI is InChI=1S/C27H36N4O5/c1-16-12-13-27(4,26(16,2)3)25(36)29-15-6-5-14-28-18-9-7-8-17-21(18)24(35)31(23(17)34)19-10-11-20(32)30-22(19)33/h7-9,16,19,28H,5-6,10-15H2,1-4H3,(H,29,36)(H,30,32,33)/t16-,19?,27-/m0/s1. The van der Waals surface area contributed by atoms with Gasteiger partial charge in [0.25, 0.3) is 11.8 Å². The SMILES string of the molecule is C[C@H]1CC[C@@](C)(C(=O)NCCCCNc2cccc3c2C(=O)N(C2CCC(=O)NC2=O)C3=O)C1(C)C. The molecule has 2 aliphatic heterocycles. The van der Waals surface area contributed by atoms with Gasteiger partial charge in [-0.3, -0.25) is 34.2 Å². The predicted molar refractivity (Wildman–Crippen MR) is 134 cm³/mol. The molecule has 0 radical (unpaired) electrons. The molecule has 3 atom stereocenters. The van der Waals surface area contributed by atoms with Crippen molar-refractivity contribution in [2.45, 2.75) is 72.3 Å². The van der Waals surface area contributed by atoms with Crippen molar-refractivity contribution in [1.82, 2.24) is 15.5 Å². The summed E-state index contributed by atoms with van der Waals surface area (Å²) in [5.41, 5.74) is 0.641. The predicted octanol–water partition coefficient (Wildman–Crippen LogP) is 2.86. The number of unbranched alkanes of at least 4 members (excludes halogenated alkanes) is 1. The zero-order valence-corrected chi connectivity index (χ0v) is 21.5. The van der Waals surface area contributed by atoms with Crippen molar-refractivity contribution in [2.24, 2.45) is 16.7 Å². The number of hydrogen-bond acceptors (Lipinski definition) is 6. The number of imide groups is 2. The molecule has 0 spiro atoms. The molecule has 3 aliphatic rings. The topological polar surface area (TPSA) is 125 Å². The maximum atomic E-state index is 13.1. The Bertz CT molecular complexity index is 1110. The Kier molecular flexibility index (Phi) is 6.94. The molecule has 194 valence electrons. The number of carbonyl (C=O) groups is 5. The maximum absolute atomic E-state index is 13.1. The number of nitrogens with zero attached hydrogens (tertiary/aromatic N) is 1. The third-order valence-electron chi connectivity index (χ3n) is 8.91. The quantitative estimate of drug-likeness (QED) is 0.376. The molecule has 4 rings (SSSR count). The van der Waals surface area contributed by atoms with Crippen LogP contribution in [0.5, 0.6) is 0 Å². The highest BCUT2D eigenvalue weighted by Gasteiger charge is 2.54. The summed E-state index contributed by atoms with van der Waals surface area (Å²) in [5, 5.41) is 8.56. The first-order chi connectivity index (χ1) is 17.0. The van der Waals surface area contributed by atoms with E-state index in [2.05, 4.69) is 43.6 Å². The average molecular weight is 497 g/mol. The smallest absolute Gasteiger partial charge is 0.264 e. The van der Waals surface area contributed by atoms with E-state index < -0.39 is 29.7 Å². The Morgan fingerprint density at radius 3 is 2.44 bits per heavy atom. The fraction of sp³-hybridized carbons (Fsp3) is 0.593. The molecule has 2 fully saturated rings. The zero-order chi connectivity index (χ0) is 26.3. The van der Waals surface area contributed by atoms with Crippen molar-refractivity contribution in [3.05, 3.63) is 29.3 Å². The van der Waals surface area contributed by atoms with Crippen LogP contribution in [0.2, 0.25) is 0 Å². The molecule has 9 nitrogen and oxygen atoms in total. The van der Waals surface area contributed by atoms with E-state index in [4.69, 9.17) is 0 Å². The Labute approximate surface area is 211 Å². The summed E-state index contributed by atoms with van der Waals surface area (Å²) in [6, 6.07) is 4.03. The molecule has 0 bridgehead atoms. The molecule has 1 unspecified atom stereocenters. The summed E-state index contributed by atoms with van der Waals surface area (Å²) < 4.78 is 0. The minimum Gasteiger partial charge on any atom is -0.384 e. The molecule has 9 heteroatoms. The molecule has 5 amide bonds. The van der Waals surface area contributed by atoms with Gasteiger partial charge in [-0.05, 0) is 55.6 Å². The van der Waals surface area contributed by atoms with Gasteiger partial charge in [-0.25, -0.2) is 0 Å². The van der Waals surface area contributed by atoms with Crippen LogP contribution in [0.15, 0.2) is 18.2 Å². The number of piperidine rings is 1. The van der Waals surface area contributed by atoms with Crippen molar-refractivity contribution >= 4 is 35.2 Å². The van der Waals surface area contributed by atoms with Crippen LogP contribution in [0.4, 0.5) is 5.69 Å². The highest BCUT2D eigenvalue weighted by atomic mass is 16.2. The number of amides is 5. The molecule has 1 aromatic carbocycles. The summed E-state index contributed by atoms with van der Waals surface area (Å²) in [7, 11) is 0. The fourth-order valence-corrected chi connectivity index (χ4v) is 5.67. The molecule has 36 heavy (non-hydrogen) atoms. The molecule has 3 N–H and O–H groups in total. The first kappa shape index (κ1) is 25.9. The molecule has 2 heterocycles. The molecule has 1 saturated heterocycles. The second-order valence-corrected chi connectivity index (χ2v) is 11.1. The van der Waals surface area contributed by atoms with Gasteiger partial charge >= 0.3 is 0 Å². The third kappa shape index (κ3) is 4.29. The number of benzene rings is 1. The first-order valence-corrected chi connectivity index (χ1v) is 12.9. The Morgan fingerprint density at radius 1 is 1.06 bits per heavy atom. The lowest BCUT2D eigenvalue weighted by Crippen LogP contribution is -2.54. The van der Waals surface area contributed by atoms with E-state index in [-0.39, 0.29) is 40.7 Å². The largest absolute Gasteiger partial charge is 0.384 e. The van der Waals surface area contributed by atoms with Gasteiger partial charge in [-0.1, -0.05) is 33.8 Å². The first-order valence-electron chi connectivity index (χ1n) is 12.9. The van der Waals surface area contributed by atoms with E-state index >= 15 is 0 Å². The molecular weight excluding hydrogens is 460 g/mol. The van der Waals surface area contributed by atoms with Crippen LogP contribution in [-0.2, 0) is 14.4 Å². The molecule has 1 aromatic rings. The molecule has 1 saturated carbocycles. The number of fused-ring (bicyclic) bond motifs is 1. The van der Waals surface area contributed by atoms with Gasteiger partial charge in [-0.2, -0.15) is 0 Å². The van der Waals surface area contributed by atoms with E-state index in [1.54, 1.807) is 18.2 Å². The number of nitrogens with one attached hydrogen (secondary N) is 3. The van der Waals surface area contributed by atoms with Crippen molar-refractivity contribution in [1.29, 1.82) is 0 Å². The van der Waals surface area contributed by atoms with Gasteiger partial charge in [0.15, 0.2) is 0 Å². The van der Waals surface area contributed by atoms with Crippen LogP contribution in [0.25, 0.3) is 0 Å². The Morgan fingerprint density at radius 2 is 1.78 bits per heavy atom. The normalized spacial score (nSPS) is 27.2. The number of carbonyl (C=O) groups excluding carboxylic acids is 5. The van der Waals surface area contributed by atoms with E-state index in [1.165, 1.54) is 0 Å². The number of hydrogen-bond donors (Lipinski definition) is 3. The molecule has 0 aromatic heterocycles. The van der Waals surface area contributed by atoms with Gasteiger partial charge in [0.1, 0.15) is 6.04 Å². The van der Waals surface area contributed by atoms with Crippen LogP contribution in [0.3, 0.4) is 0 Å². The van der Waals surface area contributed by atoms with Crippen LogP contribution >= 0.6 is 0 Å². The van der Waals surface area contributed by atoms with Gasteiger partial charge in [0, 0.05) is 25.2 Å². The minimum absolute atomic E-state index is 0.0436. The van der Waals surface area contributed by atoms with Crippen LogP contribution in [-0.4, -0.2) is 53.6 Å². The second-order valence-electron chi connectivity index (χ2n) is 11.1. The fourth-order valence-electron chi connectivity index (χ4n) is 5.67. The lowest BCUT2D eigenvalue weighted by Gasteiger charge is -2.39. The molecular formula is C27H36N4O5. The van der Waals surface area contributed by atoms with Crippen LogP contribution in [0, 0.1) is 16.7 Å². The third-order valence-corrected chi connectivity index (χ3v) is 8.91. The number of anilines is 1. The average Bonchev–Trinajstić information content (AvgIpc) is 3.21. The lowest BCUT2D eigenvalue weighted by molar-refractivity contribution is -0.137. The van der Waals surface area contributed by atoms with E-state index in [0.29, 0.717) is 24.7 Å². The minimum atomic E-state index is -0.985. The van der Waals surface area contributed by atoms with Crippen LogP contribution < -0.4 is 16.0 Å². The van der Waals surface area contributed by atoms with Gasteiger partial charge in [-0.15, -0.1) is 0 Å². The maximum Gasteiger partial charge on any atom is 0.264 e. The van der Waals surface area contributed by atoms with Crippen LogP contribution in [0.1, 0.15) is 86.9 Å². The summed E-state index contributed by atoms with van der Waals surface area (Å²) >= 11 is 0. The van der Waals surface area contributed by atoms with E-state index in [9.17, 15) is 24.0 Å². The van der Waals surface area contributed by atoms with Crippen molar-refractivity contribution in [3.8, 4) is 0 Å². The second kappa shape index (κ2) is 9.67. The van der Waals surface area contributed by atoms with E-state index in [0.717, 1.165) is 30.6 Å². The summed E-state index contributed by atoms with van der Waals surface area (Å²) in [6.45, 7) is 9.78. The van der Waals surface area contributed by atoms with Crippen molar-refractivity contribution in [3.63, 3.8) is 0 Å². The number of rotatable bonds is 8. The Hall–Kier alpha value is -3.23. The summed E-state index contributed by atoms with van der Waals surface area (Å²) in [6.07, 6.45) is 3.70. The van der Waals surface area contributed by atoms with Crippen molar-refractivity contribution in [2.75, 3.05) is 18.4 Å². The lowest BCUT2D eigenvalue weighted by atomic mass is 9.65. The zero-order valence-electron chi connectivity index (χ0n) is 21.5. The monoisotopic (exact) mass is 496 g/mol. The van der Waals surface area contributed by atoms with E-state index in [1.807, 2.05) is 0 Å². The van der Waals surface area contributed by atoms with Gasteiger partial charge in [0.2, 0.25) is 17.7 Å². The highest BCUT2D eigenvalue weighted by molar-refractivity contribution is 6.25. The summed E-state index contributed by atoms with van der Waals surface area (Å²) in [5.74, 6) is -1.45. The highest BCUT2D eigenvalue weighted by Crippen LogP contribution is 2.55.